The topological polar surface area (TPSA) is 243 Å². The van der Waals surface area contributed by atoms with Gasteiger partial charge in [-0.3, -0.25) is 19.2 Å². The molecule has 2 fully saturated rings. The van der Waals surface area contributed by atoms with Crippen molar-refractivity contribution in [2.45, 2.75) is 101 Å². The molecule has 1 amide bonds. The lowest BCUT2D eigenvalue weighted by Crippen LogP contribution is -2.53. The van der Waals surface area contributed by atoms with Gasteiger partial charge < -0.3 is 42.6 Å². The number of nitrogens with one attached hydrogen (secondary N) is 3. The Morgan fingerprint density at radius 3 is 1.91 bits per heavy atom. The molecular formula is C61H70N16O7P2S. The minimum absolute atomic E-state index is 0.0181. The first-order chi connectivity index (χ1) is 42.3. The number of carbonyl (C=O) groups is 1. The molecule has 26 heteroatoms. The van der Waals surface area contributed by atoms with Crippen molar-refractivity contribution in [3.05, 3.63) is 180 Å². The van der Waals surface area contributed by atoms with E-state index in [1.807, 2.05) is 84.2 Å². The Labute approximate surface area is 512 Å². The third-order valence-electron chi connectivity index (χ3n) is 14.7. The second-order valence-electron chi connectivity index (χ2n) is 21.5. The second kappa shape index (κ2) is 29.1. The highest BCUT2D eigenvalue weighted by Crippen LogP contribution is 2.51. The lowest BCUT2D eigenvalue weighted by molar-refractivity contribution is -0.0252. The Hall–Kier alpha value is -7.38. The molecule has 2 aliphatic rings. The summed E-state index contributed by atoms with van der Waals surface area (Å²) in [4.78, 5) is 51.1. The Morgan fingerprint density at radius 1 is 0.782 bits per heavy atom. The molecule has 10 rings (SSSR count). The van der Waals surface area contributed by atoms with Gasteiger partial charge in [-0.25, -0.2) is 51.2 Å². The molecular weight excluding hydrogens is 1160 g/mol. The number of aromatic nitrogens is 8. The van der Waals surface area contributed by atoms with Gasteiger partial charge in [-0.15, -0.1) is 0 Å². The predicted molar refractivity (Wildman–Crippen MR) is 336 cm³/mol. The van der Waals surface area contributed by atoms with E-state index in [2.05, 4.69) is 115 Å². The van der Waals surface area contributed by atoms with Crippen LogP contribution in [0.2, 0.25) is 0 Å². The molecule has 0 spiro atoms. The number of nitriles is 1. The predicted octanol–water partition coefficient (Wildman–Crippen LogP) is 10.1. The normalized spacial score (nSPS) is 19.9. The molecule has 0 bridgehead atoms. The van der Waals surface area contributed by atoms with Gasteiger partial charge in [0, 0.05) is 56.7 Å². The molecule has 6 heterocycles. The molecule has 4 aromatic heterocycles. The summed E-state index contributed by atoms with van der Waals surface area (Å²) in [5.41, 5.74) is 4.35. The molecule has 2 saturated heterocycles. The van der Waals surface area contributed by atoms with Crippen molar-refractivity contribution < 1.29 is 32.4 Å². The summed E-state index contributed by atoms with van der Waals surface area (Å²) in [5, 5.41) is 20.2. The first kappa shape index (κ1) is 62.7. The Balaban J connectivity index is 1.00. The smallest absolute Gasteiger partial charge is 0.261 e. The van der Waals surface area contributed by atoms with E-state index in [0.29, 0.717) is 40.1 Å². The van der Waals surface area contributed by atoms with Gasteiger partial charge in [0.25, 0.3) is 21.1 Å². The quantitative estimate of drug-likeness (QED) is 0.0103. The van der Waals surface area contributed by atoms with Gasteiger partial charge in [-0.05, 0) is 68.3 Å². The van der Waals surface area contributed by atoms with Crippen LogP contribution in [-0.2, 0) is 44.9 Å². The number of fused-ring (bicyclic) bond motifs is 2. The van der Waals surface area contributed by atoms with E-state index in [0.717, 1.165) is 16.7 Å². The van der Waals surface area contributed by atoms with Gasteiger partial charge in [0.2, 0.25) is 6.54 Å². The van der Waals surface area contributed by atoms with Crippen molar-refractivity contribution in [2.75, 3.05) is 52.4 Å². The van der Waals surface area contributed by atoms with E-state index in [1.54, 1.807) is 47.8 Å². The number of nitrogens with zero attached hydrogens (tertiary/aromatic N) is 13. The van der Waals surface area contributed by atoms with Crippen LogP contribution >= 0.6 is 15.2 Å². The van der Waals surface area contributed by atoms with Gasteiger partial charge in [0.15, 0.2) is 34.0 Å². The van der Waals surface area contributed by atoms with Crippen LogP contribution in [-0.4, -0.2) is 144 Å². The van der Waals surface area contributed by atoms with Crippen molar-refractivity contribution in [2.24, 2.45) is 4.99 Å². The molecule has 8 atom stereocenters. The van der Waals surface area contributed by atoms with E-state index in [4.69, 9.17) is 60.9 Å². The highest BCUT2D eigenvalue weighted by molar-refractivity contribution is 8.09. The number of amides is 1. The van der Waals surface area contributed by atoms with E-state index < -0.39 is 57.5 Å². The lowest BCUT2D eigenvalue weighted by atomic mass is 9.76. The fourth-order valence-electron chi connectivity index (χ4n) is 10.9. The number of carbonyl (C=O) groups excluding carboxylic acids is 1. The summed E-state index contributed by atoms with van der Waals surface area (Å²) in [5.74, 6) is 0.283. The van der Waals surface area contributed by atoms with Crippen LogP contribution in [0.3, 0.4) is 0 Å². The summed E-state index contributed by atoms with van der Waals surface area (Å²) in [6.45, 7) is 12.5. The largest absolute Gasteiger partial charge is 0.369 e. The number of anilines is 1. The maximum absolute atomic E-state index is 13.4. The summed E-state index contributed by atoms with van der Waals surface area (Å²) >= 11 is 6.57. The van der Waals surface area contributed by atoms with Crippen LogP contribution < -0.4 is 15.7 Å². The number of imidazole rings is 2. The van der Waals surface area contributed by atoms with Gasteiger partial charge in [0.05, 0.1) is 69.1 Å². The van der Waals surface area contributed by atoms with E-state index in [-0.39, 0.29) is 69.6 Å². The van der Waals surface area contributed by atoms with Crippen LogP contribution in [0.25, 0.3) is 27.2 Å². The minimum atomic E-state index is -3.64. The maximum Gasteiger partial charge on any atom is 0.261 e. The second-order valence-corrected chi connectivity index (χ2v) is 26.2. The van der Waals surface area contributed by atoms with Crippen molar-refractivity contribution in [3.8, 4) is 6.07 Å². The molecule has 452 valence electrons. The van der Waals surface area contributed by atoms with Gasteiger partial charge in [-0.2, -0.15) is 5.26 Å². The van der Waals surface area contributed by atoms with Gasteiger partial charge >= 0.3 is 0 Å². The molecule has 0 saturated carbocycles. The monoisotopic (exact) mass is 1230 g/mol. The molecule has 8 aromatic rings. The first-order valence-corrected chi connectivity index (χ1v) is 32.4. The van der Waals surface area contributed by atoms with Crippen LogP contribution in [0, 0.1) is 17.9 Å². The molecule has 0 aliphatic carbocycles. The Morgan fingerprint density at radius 2 is 1.33 bits per heavy atom. The summed E-state index contributed by atoms with van der Waals surface area (Å²) < 4.78 is 46.8. The van der Waals surface area contributed by atoms with E-state index in [9.17, 15) is 10.1 Å². The van der Waals surface area contributed by atoms with Gasteiger partial charge in [0.1, 0.15) is 31.7 Å². The fourth-order valence-corrected chi connectivity index (χ4v) is 14.9. The molecule has 0 radical (unpaired) electrons. The van der Waals surface area contributed by atoms with Crippen molar-refractivity contribution >= 4 is 73.2 Å². The third kappa shape index (κ3) is 14.6. The molecule has 3 N–H and O–H groups in total. The number of hydrogen-bond donors (Lipinski definition) is 3. The zero-order valence-corrected chi connectivity index (χ0v) is 51.8. The van der Waals surface area contributed by atoms with E-state index in [1.165, 1.54) is 12.7 Å². The lowest BCUT2D eigenvalue weighted by Gasteiger charge is -2.40. The Kier molecular flexibility index (Phi) is 20.9. The number of hydrogen-bond acceptors (Lipinski definition) is 18. The van der Waals surface area contributed by atoms with Crippen molar-refractivity contribution in [1.82, 2.24) is 59.0 Å². The zero-order chi connectivity index (χ0) is 60.9. The summed E-state index contributed by atoms with van der Waals surface area (Å²) in [6.07, 6.45) is 5.94. The molecule has 4 unspecified atom stereocenters. The van der Waals surface area contributed by atoms with Crippen LogP contribution in [0.1, 0.15) is 86.5 Å². The summed E-state index contributed by atoms with van der Waals surface area (Å²) in [6, 6.07) is 41.0. The SMILES string of the molecule is [C-]#[N+]CCOP(=S)(NC1C[C@H](n2cnc3c(NC(=O)c4ccccc4)ncnc32)O[C@@H]1COP(OCCC#N)N(C(C)C)C(C)C)OC[C@H]1O[C@@H](n2cnc3c(/N=C\N(C)C)ncnc32)CC1NC(c1ccccc1)(c1ccccc1)c1ccccc1. The number of aliphatic imine (C=N–C) groups is 1. The highest BCUT2D eigenvalue weighted by atomic mass is 32.5. The minimum Gasteiger partial charge on any atom is -0.369 e. The maximum atomic E-state index is 13.4. The third-order valence-corrected chi connectivity index (χ3v) is 19.4. The fraction of sp³-hybridized carbons (Fsp3) is 0.377. The van der Waals surface area contributed by atoms with Crippen LogP contribution in [0.15, 0.2) is 152 Å². The first-order valence-electron chi connectivity index (χ1n) is 28.7. The molecule has 87 heavy (non-hydrogen) atoms. The van der Waals surface area contributed by atoms with E-state index >= 15 is 0 Å². The average Bonchev–Trinajstić information content (AvgIpc) is 2.04. The number of ether oxygens (including phenoxy) is 2. The highest BCUT2D eigenvalue weighted by Gasteiger charge is 2.47. The molecule has 2 aliphatic heterocycles. The van der Waals surface area contributed by atoms with Crippen LogP contribution in [0.4, 0.5) is 11.6 Å². The Bertz CT molecular complexity index is 3620. The zero-order valence-electron chi connectivity index (χ0n) is 49.2. The number of rotatable bonds is 28. The molecule has 23 nitrogen and oxygen atoms in total. The van der Waals surface area contributed by atoms with Crippen molar-refractivity contribution in [3.63, 3.8) is 0 Å². The van der Waals surface area contributed by atoms with Gasteiger partial charge in [-0.1, -0.05) is 109 Å². The standard InChI is InChI=1S/C61H70N16O7P2S/c1-42(2)77(43(3)4)85(79-31-20-29-62)80-35-50-49(34-53(83-50)76-41-69-55-57(65-38-67-59(55)76)71-60(78)44-21-12-8-13-22-44)73-86(87,81-32-30-63-5)82-36-51-48(33-52(84-51)75-40-68-54-56(70-39-74(6)7)64-37-66-58(54)75)72-61(45-23-14-9-15-24-45,46-25-16-10-17-26-46)47-27-18-11-19-28-47/h8-19,21-28,37-43,48-53,72H,20,30-36H2,1-4,6-7H3,(H,73,87)(H,65,67,71,78)/b70-39-/t48?,49?,50-,51-,52-,53-,85?,86?/m1/s1. The molecule has 4 aromatic carbocycles. The average molecular weight is 1230 g/mol. The number of benzene rings is 4. The van der Waals surface area contributed by atoms with Crippen molar-refractivity contribution in [1.29, 1.82) is 5.26 Å². The summed E-state index contributed by atoms with van der Waals surface area (Å²) in [7, 11) is 2.06. The van der Waals surface area contributed by atoms with Crippen LogP contribution in [0.5, 0.6) is 0 Å².